The molecule has 0 saturated heterocycles. The van der Waals surface area contributed by atoms with Gasteiger partial charge < -0.3 is 9.67 Å². The van der Waals surface area contributed by atoms with Gasteiger partial charge in [0.2, 0.25) is 0 Å². The van der Waals surface area contributed by atoms with Crippen LogP contribution in [0.5, 0.6) is 0 Å². The Morgan fingerprint density at radius 2 is 2.22 bits per heavy atom. The number of hydrogen-bond donors (Lipinski definition) is 1. The zero-order chi connectivity index (χ0) is 13.1. The van der Waals surface area contributed by atoms with Crippen molar-refractivity contribution >= 4 is 11.8 Å². The molecule has 2 aromatic heterocycles. The Morgan fingerprint density at radius 3 is 2.78 bits per heavy atom. The van der Waals surface area contributed by atoms with Crippen molar-refractivity contribution in [3.63, 3.8) is 0 Å². The van der Waals surface area contributed by atoms with Gasteiger partial charge in [0.05, 0.1) is 12.2 Å². The number of carbonyl (C=O) groups excluding carboxylic acids is 1. The fourth-order valence-corrected chi connectivity index (χ4v) is 1.60. The van der Waals surface area contributed by atoms with Gasteiger partial charge in [-0.3, -0.25) is 4.79 Å². The fraction of sp³-hybridized carbons (Fsp3) is 0.167. The third kappa shape index (κ3) is 2.42. The summed E-state index contributed by atoms with van der Waals surface area (Å²) < 4.78 is 1.49. The van der Waals surface area contributed by atoms with Crippen molar-refractivity contribution in [1.82, 2.24) is 14.5 Å². The summed E-state index contributed by atoms with van der Waals surface area (Å²) in [6.07, 6.45) is 4.50. The van der Waals surface area contributed by atoms with Gasteiger partial charge in [-0.1, -0.05) is 0 Å². The van der Waals surface area contributed by atoms with Crippen LogP contribution in [0.2, 0.25) is 0 Å². The monoisotopic (exact) mass is 245 g/mol. The van der Waals surface area contributed by atoms with Crippen LogP contribution in [-0.4, -0.2) is 31.4 Å². The van der Waals surface area contributed by atoms with Gasteiger partial charge >= 0.3 is 5.97 Å². The number of ketones is 1. The number of aromatic carboxylic acids is 1. The zero-order valence-electron chi connectivity index (χ0n) is 9.70. The van der Waals surface area contributed by atoms with Gasteiger partial charge in [0.1, 0.15) is 12.0 Å². The highest BCUT2D eigenvalue weighted by Crippen LogP contribution is 2.11. The van der Waals surface area contributed by atoms with Gasteiger partial charge in [0.25, 0.3) is 0 Å². The molecule has 0 amide bonds. The molecule has 18 heavy (non-hydrogen) atoms. The molecular formula is C12H11N3O3. The molecule has 0 spiro atoms. The molecule has 0 unspecified atom stereocenters. The largest absolute Gasteiger partial charge is 0.477 e. The molecule has 0 atom stereocenters. The standard InChI is InChI=1S/C12H11N3O3/c1-8(16)9-4-11(12(17)18)15(5-9)6-10-2-3-13-7-14-10/h2-5,7H,6H2,1H3,(H,17,18). The van der Waals surface area contributed by atoms with Crippen LogP contribution < -0.4 is 0 Å². The van der Waals surface area contributed by atoms with E-state index < -0.39 is 5.97 Å². The first-order valence-electron chi connectivity index (χ1n) is 5.27. The maximum absolute atomic E-state index is 11.3. The number of carbonyl (C=O) groups is 2. The second kappa shape index (κ2) is 4.79. The number of carboxylic acid groups (broad SMARTS) is 1. The molecule has 0 fully saturated rings. The third-order valence-electron chi connectivity index (χ3n) is 2.50. The predicted octanol–water partition coefficient (Wildman–Crippen LogP) is 1.23. The second-order valence-corrected chi connectivity index (χ2v) is 3.80. The molecular weight excluding hydrogens is 234 g/mol. The van der Waals surface area contributed by atoms with Gasteiger partial charge in [0, 0.05) is 18.0 Å². The predicted molar refractivity (Wildman–Crippen MR) is 62.5 cm³/mol. The van der Waals surface area contributed by atoms with Gasteiger partial charge in [-0.25, -0.2) is 14.8 Å². The average molecular weight is 245 g/mol. The summed E-state index contributed by atoms with van der Waals surface area (Å²) in [5, 5.41) is 9.07. The van der Waals surface area contributed by atoms with Crippen LogP contribution in [0.3, 0.4) is 0 Å². The lowest BCUT2D eigenvalue weighted by molar-refractivity contribution is 0.0685. The summed E-state index contributed by atoms with van der Waals surface area (Å²) in [6.45, 7) is 1.69. The molecule has 0 aliphatic rings. The van der Waals surface area contributed by atoms with Crippen molar-refractivity contribution in [1.29, 1.82) is 0 Å². The van der Waals surface area contributed by atoms with Crippen molar-refractivity contribution in [2.45, 2.75) is 13.5 Å². The first-order chi connectivity index (χ1) is 8.58. The van der Waals surface area contributed by atoms with Crippen LogP contribution in [0.1, 0.15) is 33.5 Å². The van der Waals surface area contributed by atoms with Gasteiger partial charge in [-0.05, 0) is 19.1 Å². The van der Waals surface area contributed by atoms with Gasteiger partial charge in [0.15, 0.2) is 5.78 Å². The van der Waals surface area contributed by atoms with Crippen molar-refractivity contribution in [2.75, 3.05) is 0 Å². The Morgan fingerprint density at radius 1 is 1.44 bits per heavy atom. The van der Waals surface area contributed by atoms with E-state index in [0.717, 1.165) is 0 Å². The molecule has 2 aromatic rings. The van der Waals surface area contributed by atoms with Crippen LogP contribution in [0, 0.1) is 0 Å². The summed E-state index contributed by atoms with van der Waals surface area (Å²) >= 11 is 0. The fourth-order valence-electron chi connectivity index (χ4n) is 1.60. The van der Waals surface area contributed by atoms with E-state index >= 15 is 0 Å². The number of carboxylic acids is 1. The molecule has 0 aliphatic heterocycles. The van der Waals surface area contributed by atoms with E-state index in [4.69, 9.17) is 5.11 Å². The molecule has 6 nitrogen and oxygen atoms in total. The molecule has 2 rings (SSSR count). The highest BCUT2D eigenvalue weighted by molar-refractivity contribution is 5.97. The van der Waals surface area contributed by atoms with Crippen LogP contribution >= 0.6 is 0 Å². The summed E-state index contributed by atoms with van der Waals surface area (Å²) in [4.78, 5) is 30.1. The highest BCUT2D eigenvalue weighted by atomic mass is 16.4. The maximum atomic E-state index is 11.3. The van der Waals surface area contributed by atoms with Gasteiger partial charge in [-0.2, -0.15) is 0 Å². The Labute approximate surface area is 103 Å². The number of Topliss-reactive ketones (excluding diaryl/α,β-unsaturated/α-hetero) is 1. The molecule has 0 aliphatic carbocycles. The molecule has 92 valence electrons. The minimum atomic E-state index is -1.07. The maximum Gasteiger partial charge on any atom is 0.352 e. The molecule has 0 bridgehead atoms. The molecule has 6 heteroatoms. The third-order valence-corrected chi connectivity index (χ3v) is 2.50. The lowest BCUT2D eigenvalue weighted by atomic mass is 10.2. The normalized spacial score (nSPS) is 10.3. The molecule has 0 saturated carbocycles. The topological polar surface area (TPSA) is 85.1 Å². The lowest BCUT2D eigenvalue weighted by Gasteiger charge is -2.04. The lowest BCUT2D eigenvalue weighted by Crippen LogP contribution is -2.09. The molecule has 0 radical (unpaired) electrons. The van der Waals surface area contributed by atoms with Crippen LogP contribution in [0.15, 0.2) is 30.9 Å². The Balaban J connectivity index is 2.37. The van der Waals surface area contributed by atoms with Crippen molar-refractivity contribution in [3.8, 4) is 0 Å². The molecule has 2 heterocycles. The smallest absolute Gasteiger partial charge is 0.352 e. The van der Waals surface area contributed by atoms with Crippen molar-refractivity contribution < 1.29 is 14.7 Å². The van der Waals surface area contributed by atoms with E-state index in [0.29, 0.717) is 11.3 Å². The Bertz CT molecular complexity index is 590. The summed E-state index contributed by atoms with van der Waals surface area (Å²) in [5.74, 6) is -1.24. The summed E-state index contributed by atoms with van der Waals surface area (Å²) in [5.41, 5.74) is 1.12. The average Bonchev–Trinajstić information content (AvgIpc) is 2.74. The quantitative estimate of drug-likeness (QED) is 0.819. The zero-order valence-corrected chi connectivity index (χ0v) is 9.70. The minimum absolute atomic E-state index is 0.0683. The Hall–Kier alpha value is -2.50. The molecule has 1 N–H and O–H groups in total. The van der Waals surface area contributed by atoms with Crippen LogP contribution in [0.25, 0.3) is 0 Å². The van der Waals surface area contributed by atoms with E-state index in [9.17, 15) is 9.59 Å². The summed E-state index contributed by atoms with van der Waals surface area (Å²) in [6, 6.07) is 3.06. The van der Waals surface area contributed by atoms with E-state index in [2.05, 4.69) is 9.97 Å². The first kappa shape index (κ1) is 12.0. The number of rotatable bonds is 4. The number of aromatic nitrogens is 3. The number of nitrogens with zero attached hydrogens (tertiary/aromatic N) is 3. The second-order valence-electron chi connectivity index (χ2n) is 3.80. The highest BCUT2D eigenvalue weighted by Gasteiger charge is 2.14. The summed E-state index contributed by atoms with van der Waals surface area (Å²) in [7, 11) is 0. The Kier molecular flexibility index (Phi) is 3.18. The van der Waals surface area contributed by atoms with Crippen LogP contribution in [-0.2, 0) is 6.54 Å². The van der Waals surface area contributed by atoms with E-state index in [-0.39, 0.29) is 18.0 Å². The minimum Gasteiger partial charge on any atom is -0.477 e. The van der Waals surface area contributed by atoms with Crippen LogP contribution in [0.4, 0.5) is 0 Å². The number of hydrogen-bond acceptors (Lipinski definition) is 4. The molecule has 0 aromatic carbocycles. The van der Waals surface area contributed by atoms with E-state index in [1.54, 1.807) is 12.3 Å². The SMILES string of the molecule is CC(=O)c1cc(C(=O)O)n(Cc2ccncn2)c1. The van der Waals surface area contributed by atoms with Crippen molar-refractivity contribution in [3.05, 3.63) is 47.8 Å². The van der Waals surface area contributed by atoms with Gasteiger partial charge in [-0.15, -0.1) is 0 Å². The van der Waals surface area contributed by atoms with E-state index in [1.807, 2.05) is 0 Å². The first-order valence-corrected chi connectivity index (χ1v) is 5.27. The van der Waals surface area contributed by atoms with E-state index in [1.165, 1.54) is 30.1 Å². The van der Waals surface area contributed by atoms with Crippen molar-refractivity contribution in [2.24, 2.45) is 0 Å².